The van der Waals surface area contributed by atoms with Crippen molar-refractivity contribution in [3.63, 3.8) is 0 Å². The van der Waals surface area contributed by atoms with Crippen LogP contribution in [0.15, 0.2) is 41.0 Å². The average molecular weight is 284 g/mol. The van der Waals surface area contributed by atoms with Gasteiger partial charge in [0, 0.05) is 12.0 Å². The molecule has 0 aliphatic heterocycles. The Kier molecular flexibility index (Phi) is 3.80. The summed E-state index contributed by atoms with van der Waals surface area (Å²) < 4.78 is 5.44. The van der Waals surface area contributed by atoms with E-state index in [0.717, 1.165) is 41.7 Å². The van der Waals surface area contributed by atoms with Crippen LogP contribution in [-0.2, 0) is 11.2 Å². The summed E-state index contributed by atoms with van der Waals surface area (Å²) in [4.78, 5) is 12.4. The van der Waals surface area contributed by atoms with Crippen molar-refractivity contribution in [3.8, 4) is 0 Å². The molecule has 1 aliphatic rings. The summed E-state index contributed by atoms with van der Waals surface area (Å²) in [6.07, 6.45) is 4.58. The summed E-state index contributed by atoms with van der Waals surface area (Å²) in [5.41, 5.74) is 9.14. The zero-order chi connectivity index (χ0) is 14.8. The third kappa shape index (κ3) is 2.85. The number of benzene rings is 1. The van der Waals surface area contributed by atoms with Crippen molar-refractivity contribution in [2.45, 2.75) is 38.3 Å². The van der Waals surface area contributed by atoms with Gasteiger partial charge in [-0.25, -0.2) is 0 Å². The van der Waals surface area contributed by atoms with E-state index < -0.39 is 6.04 Å². The summed E-state index contributed by atoms with van der Waals surface area (Å²) in [5, 5.41) is 3.05. The Bertz CT molecular complexity index is 630. The molecule has 1 aliphatic carbocycles. The molecule has 0 bridgehead atoms. The number of carbonyl (C=O) groups excluding carboxylic acids is 1. The normalized spacial score (nSPS) is 18.9. The number of rotatable bonds is 3. The molecule has 0 saturated heterocycles. The first-order chi connectivity index (χ1) is 10.1. The Balaban J connectivity index is 1.71. The highest BCUT2D eigenvalue weighted by atomic mass is 16.3. The van der Waals surface area contributed by atoms with Crippen LogP contribution in [0, 0.1) is 6.92 Å². The Morgan fingerprint density at radius 1 is 1.33 bits per heavy atom. The van der Waals surface area contributed by atoms with Crippen LogP contribution in [0.2, 0.25) is 0 Å². The first-order valence-corrected chi connectivity index (χ1v) is 7.34. The van der Waals surface area contributed by atoms with Gasteiger partial charge in [-0.15, -0.1) is 0 Å². The van der Waals surface area contributed by atoms with Gasteiger partial charge in [0.25, 0.3) is 0 Å². The van der Waals surface area contributed by atoms with Crippen LogP contribution in [0.5, 0.6) is 0 Å². The van der Waals surface area contributed by atoms with Crippen LogP contribution in [-0.4, -0.2) is 5.91 Å². The van der Waals surface area contributed by atoms with Gasteiger partial charge in [0.2, 0.25) is 5.91 Å². The van der Waals surface area contributed by atoms with Gasteiger partial charge in [0.05, 0.1) is 12.3 Å². The van der Waals surface area contributed by atoms with Crippen LogP contribution in [0.1, 0.15) is 47.4 Å². The van der Waals surface area contributed by atoms with Gasteiger partial charge in [-0.1, -0.05) is 29.8 Å². The second kappa shape index (κ2) is 5.74. The molecule has 110 valence electrons. The molecule has 2 unspecified atom stereocenters. The van der Waals surface area contributed by atoms with Crippen molar-refractivity contribution in [2.24, 2.45) is 5.73 Å². The fraction of sp³-hybridized carbons (Fsp3) is 0.353. The zero-order valence-electron chi connectivity index (χ0n) is 12.1. The minimum Gasteiger partial charge on any atom is -0.469 e. The Morgan fingerprint density at radius 2 is 2.10 bits per heavy atom. The molecule has 2 aromatic rings. The lowest BCUT2D eigenvalue weighted by Gasteiger charge is -2.24. The smallest absolute Gasteiger partial charge is 0.241 e. The SMILES string of the molecule is Cc1ccc(C(N)C(=O)NC2CCCc3occc32)cc1. The van der Waals surface area contributed by atoms with Gasteiger partial charge in [0.1, 0.15) is 11.8 Å². The number of nitrogens with two attached hydrogens (primary N) is 1. The van der Waals surface area contributed by atoms with E-state index in [9.17, 15) is 4.79 Å². The van der Waals surface area contributed by atoms with E-state index in [1.165, 1.54) is 0 Å². The first kappa shape index (κ1) is 13.9. The van der Waals surface area contributed by atoms with Crippen molar-refractivity contribution in [1.29, 1.82) is 0 Å². The molecule has 1 aromatic carbocycles. The topological polar surface area (TPSA) is 68.3 Å². The van der Waals surface area contributed by atoms with Gasteiger partial charge in [-0.2, -0.15) is 0 Å². The summed E-state index contributed by atoms with van der Waals surface area (Å²) in [6, 6.07) is 9.07. The lowest BCUT2D eigenvalue weighted by atomic mass is 9.93. The Labute approximate surface area is 124 Å². The largest absolute Gasteiger partial charge is 0.469 e. The highest BCUT2D eigenvalue weighted by Gasteiger charge is 2.26. The maximum absolute atomic E-state index is 12.4. The van der Waals surface area contributed by atoms with E-state index >= 15 is 0 Å². The molecule has 1 amide bonds. The van der Waals surface area contributed by atoms with Crippen molar-refractivity contribution in [3.05, 3.63) is 59.0 Å². The second-order valence-corrected chi connectivity index (χ2v) is 5.64. The number of hydrogen-bond acceptors (Lipinski definition) is 3. The van der Waals surface area contributed by atoms with E-state index in [1.54, 1.807) is 6.26 Å². The molecule has 0 spiro atoms. The average Bonchev–Trinajstić information content (AvgIpc) is 2.97. The third-order valence-electron chi connectivity index (χ3n) is 4.09. The number of nitrogens with one attached hydrogen (secondary N) is 1. The first-order valence-electron chi connectivity index (χ1n) is 7.34. The molecule has 21 heavy (non-hydrogen) atoms. The van der Waals surface area contributed by atoms with Gasteiger partial charge in [-0.3, -0.25) is 4.79 Å². The highest BCUT2D eigenvalue weighted by Crippen LogP contribution is 2.30. The van der Waals surface area contributed by atoms with Crippen molar-refractivity contribution in [1.82, 2.24) is 5.32 Å². The van der Waals surface area contributed by atoms with Gasteiger partial charge in [-0.05, 0) is 31.4 Å². The molecule has 3 rings (SSSR count). The van der Waals surface area contributed by atoms with E-state index in [0.29, 0.717) is 0 Å². The van der Waals surface area contributed by atoms with E-state index in [2.05, 4.69) is 5.32 Å². The van der Waals surface area contributed by atoms with Crippen LogP contribution in [0.3, 0.4) is 0 Å². The maximum atomic E-state index is 12.4. The number of furan rings is 1. The quantitative estimate of drug-likeness (QED) is 0.910. The summed E-state index contributed by atoms with van der Waals surface area (Å²) in [5.74, 6) is 0.841. The van der Waals surface area contributed by atoms with Gasteiger partial charge in [0.15, 0.2) is 0 Å². The molecule has 0 fully saturated rings. The molecule has 2 atom stereocenters. The van der Waals surface area contributed by atoms with E-state index in [-0.39, 0.29) is 11.9 Å². The summed E-state index contributed by atoms with van der Waals surface area (Å²) in [6.45, 7) is 2.01. The Morgan fingerprint density at radius 3 is 2.86 bits per heavy atom. The molecule has 0 saturated carbocycles. The number of hydrogen-bond donors (Lipinski definition) is 2. The van der Waals surface area contributed by atoms with Crippen LogP contribution in [0.4, 0.5) is 0 Å². The standard InChI is InChI=1S/C17H20N2O2/c1-11-5-7-12(8-6-11)16(18)17(20)19-14-3-2-4-15-13(14)9-10-21-15/h5-10,14,16H,2-4,18H2,1H3,(H,19,20). The molecular weight excluding hydrogens is 264 g/mol. The molecule has 1 heterocycles. The lowest BCUT2D eigenvalue weighted by molar-refractivity contribution is -0.123. The third-order valence-corrected chi connectivity index (χ3v) is 4.09. The molecule has 4 nitrogen and oxygen atoms in total. The monoisotopic (exact) mass is 284 g/mol. The Hall–Kier alpha value is -2.07. The molecular formula is C17H20N2O2. The van der Waals surface area contributed by atoms with Gasteiger partial charge < -0.3 is 15.5 Å². The summed E-state index contributed by atoms with van der Waals surface area (Å²) >= 11 is 0. The highest BCUT2D eigenvalue weighted by molar-refractivity contribution is 5.83. The van der Waals surface area contributed by atoms with Crippen molar-refractivity contribution < 1.29 is 9.21 Å². The molecule has 0 radical (unpaired) electrons. The molecule has 3 N–H and O–H groups in total. The van der Waals surface area contributed by atoms with Gasteiger partial charge >= 0.3 is 0 Å². The number of amides is 1. The fourth-order valence-electron chi connectivity index (χ4n) is 2.82. The lowest BCUT2D eigenvalue weighted by Crippen LogP contribution is -2.37. The number of carbonyl (C=O) groups is 1. The van der Waals surface area contributed by atoms with Crippen LogP contribution >= 0.6 is 0 Å². The van der Waals surface area contributed by atoms with E-state index in [4.69, 9.17) is 10.2 Å². The predicted molar refractivity (Wildman–Crippen MR) is 80.6 cm³/mol. The van der Waals surface area contributed by atoms with Crippen LogP contribution in [0.25, 0.3) is 0 Å². The minimum absolute atomic E-state index is 0.0106. The van der Waals surface area contributed by atoms with Crippen LogP contribution < -0.4 is 11.1 Å². The number of fused-ring (bicyclic) bond motifs is 1. The fourth-order valence-corrected chi connectivity index (χ4v) is 2.82. The van der Waals surface area contributed by atoms with Crippen molar-refractivity contribution in [2.75, 3.05) is 0 Å². The van der Waals surface area contributed by atoms with Crippen molar-refractivity contribution >= 4 is 5.91 Å². The predicted octanol–water partition coefficient (Wildman–Crippen LogP) is 2.78. The number of aryl methyl sites for hydroxylation is 2. The maximum Gasteiger partial charge on any atom is 0.241 e. The molecule has 1 aromatic heterocycles. The second-order valence-electron chi connectivity index (χ2n) is 5.64. The minimum atomic E-state index is -0.636. The molecule has 4 heteroatoms. The summed E-state index contributed by atoms with van der Waals surface area (Å²) in [7, 11) is 0. The van der Waals surface area contributed by atoms with E-state index in [1.807, 2.05) is 37.3 Å². The zero-order valence-corrected chi connectivity index (χ0v) is 12.1.